The Balaban J connectivity index is 1.75. The van der Waals surface area contributed by atoms with Gasteiger partial charge in [-0.05, 0) is 32.4 Å². The second-order valence-corrected chi connectivity index (χ2v) is 7.62. The first-order valence-corrected chi connectivity index (χ1v) is 10.3. The maximum Gasteiger partial charge on any atom is 0.329 e. The Kier molecular flexibility index (Phi) is 6.59. The van der Waals surface area contributed by atoms with Crippen molar-refractivity contribution in [3.05, 3.63) is 57.8 Å². The number of amides is 1. The van der Waals surface area contributed by atoms with E-state index >= 15 is 0 Å². The summed E-state index contributed by atoms with van der Waals surface area (Å²) in [4.78, 5) is 31.8. The lowest BCUT2D eigenvalue weighted by atomic mass is 10.1. The summed E-state index contributed by atoms with van der Waals surface area (Å²) in [5, 5.41) is 0. The minimum Gasteiger partial charge on any atom is -0.496 e. The van der Waals surface area contributed by atoms with Crippen molar-refractivity contribution >= 4 is 16.9 Å². The van der Waals surface area contributed by atoms with Gasteiger partial charge in [0.15, 0.2) is 0 Å². The minimum absolute atomic E-state index is 0.0324. The van der Waals surface area contributed by atoms with Crippen LogP contribution in [-0.4, -0.2) is 39.1 Å². The molecule has 0 aliphatic carbocycles. The van der Waals surface area contributed by atoms with Crippen molar-refractivity contribution in [1.82, 2.24) is 19.0 Å². The Labute approximate surface area is 176 Å². The first-order chi connectivity index (χ1) is 14.4. The van der Waals surface area contributed by atoms with Crippen LogP contribution < -0.4 is 10.4 Å². The molecule has 3 rings (SSSR count). The maximum atomic E-state index is 12.9. The number of benzene rings is 1. The second kappa shape index (κ2) is 9.15. The highest BCUT2D eigenvalue weighted by Crippen LogP contribution is 2.24. The number of carbonyl (C=O) groups excluding carboxylic acids is 1. The van der Waals surface area contributed by atoms with Crippen LogP contribution >= 0.6 is 0 Å². The zero-order chi connectivity index (χ0) is 21.8. The molecule has 0 spiro atoms. The number of nitrogens with zero attached hydrogens (tertiary/aromatic N) is 4. The highest BCUT2D eigenvalue weighted by molar-refractivity contribution is 5.78. The molecule has 0 aliphatic heterocycles. The van der Waals surface area contributed by atoms with Crippen molar-refractivity contribution in [2.45, 2.75) is 53.2 Å². The third-order valence-corrected chi connectivity index (χ3v) is 5.48. The number of hydrogen-bond donors (Lipinski definition) is 0. The highest BCUT2D eigenvalue weighted by atomic mass is 16.5. The van der Waals surface area contributed by atoms with Crippen molar-refractivity contribution in [2.75, 3.05) is 14.2 Å². The summed E-state index contributed by atoms with van der Waals surface area (Å²) >= 11 is 0. The summed E-state index contributed by atoms with van der Waals surface area (Å²) < 4.78 is 8.95. The molecule has 160 valence electrons. The lowest BCUT2D eigenvalue weighted by Gasteiger charge is -2.19. The largest absolute Gasteiger partial charge is 0.496 e. The van der Waals surface area contributed by atoms with E-state index in [4.69, 9.17) is 4.74 Å². The third kappa shape index (κ3) is 4.10. The van der Waals surface area contributed by atoms with Crippen LogP contribution in [0.2, 0.25) is 0 Å². The third-order valence-electron chi connectivity index (χ3n) is 5.48. The molecule has 3 aromatic rings. The zero-order valence-corrected chi connectivity index (χ0v) is 18.4. The summed E-state index contributed by atoms with van der Waals surface area (Å²) in [6, 6.07) is 7.74. The first-order valence-electron chi connectivity index (χ1n) is 10.3. The molecule has 30 heavy (non-hydrogen) atoms. The standard InChI is InChI=1S/C23H30N4O3/c1-6-12-26-19-9-7-8-10-20(19)27(23(26)29)13-11-21(28)25(4)15-18-17(3)22(30-5)16(2)14-24-18/h7-10,14H,6,11-13,15H2,1-5H3. The Morgan fingerprint density at radius 3 is 2.37 bits per heavy atom. The number of ether oxygens (including phenoxy) is 1. The Morgan fingerprint density at radius 1 is 1.13 bits per heavy atom. The second-order valence-electron chi connectivity index (χ2n) is 7.62. The van der Waals surface area contributed by atoms with Gasteiger partial charge in [-0.15, -0.1) is 0 Å². The van der Waals surface area contributed by atoms with Crippen LogP contribution in [0.5, 0.6) is 5.75 Å². The van der Waals surface area contributed by atoms with Crippen LogP contribution in [0.1, 0.15) is 36.6 Å². The van der Waals surface area contributed by atoms with E-state index in [0.29, 0.717) is 19.6 Å². The van der Waals surface area contributed by atoms with Crippen LogP contribution in [-0.2, 0) is 24.4 Å². The van der Waals surface area contributed by atoms with Gasteiger partial charge in [0.1, 0.15) is 5.75 Å². The lowest BCUT2D eigenvalue weighted by molar-refractivity contribution is -0.130. The molecular formula is C23H30N4O3. The fraction of sp³-hybridized carbons (Fsp3) is 0.435. The highest BCUT2D eigenvalue weighted by Gasteiger charge is 2.17. The Hall–Kier alpha value is -3.09. The molecular weight excluding hydrogens is 380 g/mol. The molecule has 0 unspecified atom stereocenters. The molecule has 1 aromatic carbocycles. The number of methoxy groups -OCH3 is 1. The van der Waals surface area contributed by atoms with Gasteiger partial charge in [0.05, 0.1) is 30.4 Å². The number of imidazole rings is 1. The van der Waals surface area contributed by atoms with Gasteiger partial charge in [0, 0.05) is 43.9 Å². The minimum atomic E-state index is -0.0608. The molecule has 0 radical (unpaired) electrons. The van der Waals surface area contributed by atoms with Crippen LogP contribution in [0.25, 0.3) is 11.0 Å². The monoisotopic (exact) mass is 410 g/mol. The number of fused-ring (bicyclic) bond motifs is 1. The van der Waals surface area contributed by atoms with E-state index in [0.717, 1.165) is 40.0 Å². The zero-order valence-electron chi connectivity index (χ0n) is 18.4. The molecule has 2 heterocycles. The van der Waals surface area contributed by atoms with E-state index in [1.54, 1.807) is 34.4 Å². The van der Waals surface area contributed by atoms with Gasteiger partial charge in [0.2, 0.25) is 5.91 Å². The van der Waals surface area contributed by atoms with Gasteiger partial charge >= 0.3 is 5.69 Å². The van der Waals surface area contributed by atoms with Crippen LogP contribution in [0.3, 0.4) is 0 Å². The number of hydrogen-bond acceptors (Lipinski definition) is 4. The van der Waals surface area contributed by atoms with E-state index in [9.17, 15) is 9.59 Å². The summed E-state index contributed by atoms with van der Waals surface area (Å²) in [6.07, 6.45) is 2.89. The fourth-order valence-electron chi connectivity index (χ4n) is 3.87. The van der Waals surface area contributed by atoms with Crippen molar-refractivity contribution in [1.29, 1.82) is 0 Å². The predicted molar refractivity (Wildman–Crippen MR) is 118 cm³/mol. The molecule has 0 N–H and O–H groups in total. The average Bonchev–Trinajstić information content (AvgIpc) is 3.00. The van der Waals surface area contributed by atoms with E-state index in [1.165, 1.54) is 0 Å². The van der Waals surface area contributed by atoms with Gasteiger partial charge in [0.25, 0.3) is 0 Å². The number of rotatable bonds is 8. The summed E-state index contributed by atoms with van der Waals surface area (Å²) in [5.41, 5.74) is 4.44. The Morgan fingerprint density at radius 2 is 1.77 bits per heavy atom. The van der Waals surface area contributed by atoms with E-state index < -0.39 is 0 Å². The van der Waals surface area contributed by atoms with Crippen molar-refractivity contribution < 1.29 is 9.53 Å². The smallest absolute Gasteiger partial charge is 0.329 e. The quantitative estimate of drug-likeness (QED) is 0.571. The molecule has 0 aliphatic rings. The van der Waals surface area contributed by atoms with Crippen LogP contribution in [0.4, 0.5) is 0 Å². The van der Waals surface area contributed by atoms with Crippen LogP contribution in [0, 0.1) is 13.8 Å². The summed E-state index contributed by atoms with van der Waals surface area (Å²) in [5.74, 6) is 0.770. The maximum absolute atomic E-state index is 12.9. The fourth-order valence-corrected chi connectivity index (χ4v) is 3.87. The van der Waals surface area contributed by atoms with E-state index in [1.807, 2.05) is 45.0 Å². The van der Waals surface area contributed by atoms with Gasteiger partial charge < -0.3 is 9.64 Å². The van der Waals surface area contributed by atoms with Gasteiger partial charge in [-0.25, -0.2) is 4.79 Å². The molecule has 0 atom stereocenters. The first kappa shape index (κ1) is 21.6. The Bertz CT molecular complexity index is 1110. The van der Waals surface area contributed by atoms with Crippen molar-refractivity contribution in [3.8, 4) is 5.75 Å². The molecule has 0 fully saturated rings. The molecule has 7 nitrogen and oxygen atoms in total. The summed E-state index contributed by atoms with van der Waals surface area (Å²) in [6.45, 7) is 7.36. The topological polar surface area (TPSA) is 69.4 Å². The van der Waals surface area contributed by atoms with Crippen molar-refractivity contribution in [3.63, 3.8) is 0 Å². The van der Waals surface area contributed by atoms with Gasteiger partial charge in [-0.3, -0.25) is 18.9 Å². The lowest BCUT2D eigenvalue weighted by Crippen LogP contribution is -2.30. The molecule has 7 heteroatoms. The molecule has 1 amide bonds. The van der Waals surface area contributed by atoms with Crippen LogP contribution in [0.15, 0.2) is 35.3 Å². The predicted octanol–water partition coefficient (Wildman–Crippen LogP) is 3.28. The number of carbonyl (C=O) groups is 1. The van der Waals surface area contributed by atoms with Gasteiger partial charge in [-0.2, -0.15) is 0 Å². The molecule has 0 saturated carbocycles. The SMILES string of the molecule is CCCn1c(=O)n(CCC(=O)N(C)Cc2ncc(C)c(OC)c2C)c2ccccc21. The normalized spacial score (nSPS) is 11.1. The number of aryl methyl sites for hydroxylation is 3. The van der Waals surface area contributed by atoms with E-state index in [2.05, 4.69) is 4.98 Å². The number of pyridine rings is 1. The number of para-hydroxylation sites is 2. The number of aromatic nitrogens is 3. The van der Waals surface area contributed by atoms with Crippen molar-refractivity contribution in [2.24, 2.45) is 0 Å². The summed E-state index contributed by atoms with van der Waals surface area (Å²) in [7, 11) is 3.40. The average molecular weight is 411 g/mol. The molecule has 0 bridgehead atoms. The molecule has 2 aromatic heterocycles. The van der Waals surface area contributed by atoms with Gasteiger partial charge in [-0.1, -0.05) is 19.1 Å². The molecule has 0 saturated heterocycles. The van der Waals surface area contributed by atoms with E-state index in [-0.39, 0.29) is 18.0 Å².